The van der Waals surface area contributed by atoms with E-state index in [1.165, 1.54) is 18.2 Å². The minimum Gasteiger partial charge on any atom is -0.508 e. The lowest BCUT2D eigenvalue weighted by Gasteiger charge is -2.09. The van der Waals surface area contributed by atoms with Crippen molar-refractivity contribution in [2.24, 2.45) is 10.7 Å². The first-order valence-corrected chi connectivity index (χ1v) is 9.02. The zero-order chi connectivity index (χ0) is 20.2. The predicted molar refractivity (Wildman–Crippen MR) is 111 cm³/mol. The molecule has 5 N–H and O–H groups in total. The number of carbonyl (C=O) groups excluding carboxylic acids is 1. The summed E-state index contributed by atoms with van der Waals surface area (Å²) in [6.45, 7) is 1.58. The Morgan fingerprint density at radius 2 is 1.89 bits per heavy atom. The summed E-state index contributed by atoms with van der Waals surface area (Å²) in [6.07, 6.45) is 2.22. The van der Waals surface area contributed by atoms with Crippen molar-refractivity contribution in [1.82, 2.24) is 5.32 Å². The maximum absolute atomic E-state index is 12.7. The molecule has 0 aliphatic heterocycles. The van der Waals surface area contributed by atoms with Crippen LogP contribution in [0, 0.1) is 0 Å². The number of phenols is 1. The summed E-state index contributed by atoms with van der Waals surface area (Å²) in [5.74, 6) is -0.165. The highest BCUT2D eigenvalue weighted by molar-refractivity contribution is 6.47. The monoisotopic (exact) mass is 382 g/mol. The Kier molecular flexibility index (Phi) is 8.55. The molecule has 0 bridgehead atoms. The first-order valence-electron chi connectivity index (χ1n) is 9.02. The van der Waals surface area contributed by atoms with Gasteiger partial charge >= 0.3 is 0 Å². The normalized spacial score (nSPS) is 11.9. The van der Waals surface area contributed by atoms with Crippen molar-refractivity contribution >= 4 is 17.3 Å². The molecule has 0 heterocycles. The van der Waals surface area contributed by atoms with Crippen LogP contribution in [0.4, 0.5) is 5.69 Å². The van der Waals surface area contributed by atoms with Crippen molar-refractivity contribution in [3.05, 3.63) is 72.1 Å². The van der Waals surface area contributed by atoms with E-state index in [9.17, 15) is 9.90 Å². The summed E-state index contributed by atoms with van der Waals surface area (Å²) in [5.41, 5.74) is 7.57. The van der Waals surface area contributed by atoms with Crippen molar-refractivity contribution in [3.63, 3.8) is 0 Å². The van der Waals surface area contributed by atoms with Gasteiger partial charge in [-0.25, -0.2) is 0 Å². The molecule has 0 aliphatic rings. The van der Waals surface area contributed by atoms with Crippen LogP contribution in [0.3, 0.4) is 0 Å². The molecular formula is C21H26N4O3. The molecule has 2 aromatic rings. The zero-order valence-corrected chi connectivity index (χ0v) is 15.9. The third-order valence-electron chi connectivity index (χ3n) is 3.75. The number of amides is 1. The Labute approximate surface area is 164 Å². The number of nitrogens with zero attached hydrogens (tertiary/aromatic N) is 1. The molecule has 2 aromatic carbocycles. The van der Waals surface area contributed by atoms with Crippen LogP contribution in [0.15, 0.2) is 71.5 Å². The maximum atomic E-state index is 12.7. The fourth-order valence-electron chi connectivity index (χ4n) is 2.30. The summed E-state index contributed by atoms with van der Waals surface area (Å²) >= 11 is 0. The van der Waals surface area contributed by atoms with Crippen LogP contribution in [-0.2, 0) is 16.1 Å². The third-order valence-corrected chi connectivity index (χ3v) is 3.75. The number of aliphatic imine (C=N–C) groups is 1. The molecule has 0 atom stereocenters. The highest BCUT2D eigenvalue weighted by atomic mass is 16.5. The lowest BCUT2D eigenvalue weighted by Crippen LogP contribution is -2.23. The molecule has 28 heavy (non-hydrogen) atoms. The number of ether oxygens (including phenoxy) is 1. The van der Waals surface area contributed by atoms with Crippen LogP contribution in [0.1, 0.15) is 12.0 Å². The van der Waals surface area contributed by atoms with E-state index in [1.807, 2.05) is 37.4 Å². The molecule has 148 valence electrons. The number of rotatable bonds is 10. The molecule has 0 saturated heterocycles. The van der Waals surface area contributed by atoms with Gasteiger partial charge in [0.1, 0.15) is 11.5 Å². The van der Waals surface area contributed by atoms with Crippen LogP contribution in [0.2, 0.25) is 0 Å². The molecule has 0 saturated carbocycles. The van der Waals surface area contributed by atoms with E-state index in [0.29, 0.717) is 18.8 Å². The number of anilines is 1. The van der Waals surface area contributed by atoms with Gasteiger partial charge in [0.25, 0.3) is 5.91 Å². The van der Waals surface area contributed by atoms with E-state index in [1.54, 1.807) is 12.1 Å². The van der Waals surface area contributed by atoms with Gasteiger partial charge in [0.05, 0.1) is 13.2 Å². The second kappa shape index (κ2) is 11.4. The largest absolute Gasteiger partial charge is 0.508 e. The van der Waals surface area contributed by atoms with E-state index in [0.717, 1.165) is 18.5 Å². The number of carbonyl (C=O) groups is 1. The van der Waals surface area contributed by atoms with E-state index in [-0.39, 0.29) is 17.3 Å². The van der Waals surface area contributed by atoms with Gasteiger partial charge in [-0.2, -0.15) is 0 Å². The topological polar surface area (TPSA) is 109 Å². The second-order valence-corrected chi connectivity index (χ2v) is 6.04. The fourth-order valence-corrected chi connectivity index (χ4v) is 2.30. The quantitative estimate of drug-likeness (QED) is 0.218. The van der Waals surface area contributed by atoms with Crippen LogP contribution < -0.4 is 16.4 Å². The number of hydrogen-bond acceptors (Lipinski definition) is 6. The molecule has 0 aliphatic carbocycles. The highest BCUT2D eigenvalue weighted by Crippen LogP contribution is 2.14. The van der Waals surface area contributed by atoms with Gasteiger partial charge < -0.3 is 26.2 Å². The molecule has 0 spiro atoms. The van der Waals surface area contributed by atoms with Gasteiger partial charge in [0.15, 0.2) is 5.88 Å². The molecule has 0 fully saturated rings. The van der Waals surface area contributed by atoms with Gasteiger partial charge in [0, 0.05) is 11.8 Å². The minimum atomic E-state index is -0.414. The summed E-state index contributed by atoms with van der Waals surface area (Å²) in [7, 11) is 1.86. The molecule has 0 unspecified atom stereocenters. The zero-order valence-electron chi connectivity index (χ0n) is 15.9. The van der Waals surface area contributed by atoms with Crippen LogP contribution in [-0.4, -0.2) is 36.9 Å². The third kappa shape index (κ3) is 7.51. The first kappa shape index (κ1) is 21.0. The van der Waals surface area contributed by atoms with Crippen LogP contribution >= 0.6 is 0 Å². The van der Waals surface area contributed by atoms with Crippen molar-refractivity contribution in [2.75, 3.05) is 25.5 Å². The molecule has 1 amide bonds. The average Bonchev–Trinajstić information content (AvgIpc) is 2.71. The number of nitrogens with one attached hydrogen (secondary N) is 2. The smallest absolute Gasteiger partial charge is 0.274 e. The summed E-state index contributed by atoms with van der Waals surface area (Å²) < 4.78 is 5.45. The molecule has 0 aromatic heterocycles. The predicted octanol–water partition coefficient (Wildman–Crippen LogP) is 2.40. The fraction of sp³-hybridized carbons (Fsp3) is 0.238. The van der Waals surface area contributed by atoms with Crippen molar-refractivity contribution < 1.29 is 14.6 Å². The van der Waals surface area contributed by atoms with Crippen LogP contribution in [0.25, 0.3) is 0 Å². The van der Waals surface area contributed by atoms with Crippen molar-refractivity contribution in [3.8, 4) is 5.75 Å². The Morgan fingerprint density at radius 3 is 2.57 bits per heavy atom. The lowest BCUT2D eigenvalue weighted by molar-refractivity contribution is -0.110. The summed E-state index contributed by atoms with van der Waals surface area (Å²) in [5, 5.41) is 15.1. The molecule has 7 nitrogen and oxygen atoms in total. The van der Waals surface area contributed by atoms with Gasteiger partial charge in [0.2, 0.25) is 0 Å². The Balaban J connectivity index is 2.12. The SMILES string of the molecule is CNCCCOC(N)=CC(=NCc1ccccc1)C(=O)Nc1ccc(O)cc1. The Hall–Kier alpha value is -3.32. The number of aromatic hydroxyl groups is 1. The lowest BCUT2D eigenvalue weighted by atomic mass is 10.2. The van der Waals surface area contributed by atoms with Crippen LogP contribution in [0.5, 0.6) is 5.75 Å². The number of phenolic OH excluding ortho intramolecular Hbond substituents is 1. The van der Waals surface area contributed by atoms with Gasteiger partial charge in [-0.05, 0) is 49.8 Å². The minimum absolute atomic E-state index is 0.120. The number of hydrogen-bond donors (Lipinski definition) is 4. The Bertz CT molecular complexity index is 802. The summed E-state index contributed by atoms with van der Waals surface area (Å²) in [4.78, 5) is 17.1. The van der Waals surface area contributed by atoms with Crippen molar-refractivity contribution in [2.45, 2.75) is 13.0 Å². The van der Waals surface area contributed by atoms with Gasteiger partial charge in [-0.1, -0.05) is 30.3 Å². The van der Waals surface area contributed by atoms with E-state index in [4.69, 9.17) is 10.5 Å². The maximum Gasteiger partial charge on any atom is 0.274 e. The molecular weight excluding hydrogens is 356 g/mol. The molecule has 7 heteroatoms. The molecule has 0 radical (unpaired) electrons. The van der Waals surface area contributed by atoms with Crippen molar-refractivity contribution in [1.29, 1.82) is 0 Å². The number of benzene rings is 2. The van der Waals surface area contributed by atoms with E-state index in [2.05, 4.69) is 15.6 Å². The highest BCUT2D eigenvalue weighted by Gasteiger charge is 2.11. The van der Waals surface area contributed by atoms with E-state index < -0.39 is 5.91 Å². The van der Waals surface area contributed by atoms with Gasteiger partial charge in [-0.15, -0.1) is 0 Å². The van der Waals surface area contributed by atoms with Gasteiger partial charge in [-0.3, -0.25) is 9.79 Å². The molecule has 2 rings (SSSR count). The number of nitrogens with two attached hydrogens (primary N) is 1. The Morgan fingerprint density at radius 1 is 1.18 bits per heavy atom. The standard InChI is InChI=1S/C21H26N4O3/c1-23-12-5-13-28-20(22)14-19(24-15-16-6-3-2-4-7-16)21(27)25-17-8-10-18(26)11-9-17/h2-4,6-11,14,23,26H,5,12-13,15,22H2,1H3,(H,25,27). The van der Waals surface area contributed by atoms with E-state index >= 15 is 0 Å². The average molecular weight is 382 g/mol. The summed E-state index contributed by atoms with van der Waals surface area (Å²) in [6, 6.07) is 15.8. The second-order valence-electron chi connectivity index (χ2n) is 6.04. The first-order chi connectivity index (χ1) is 13.6.